The van der Waals surface area contributed by atoms with E-state index in [0.717, 1.165) is 29.0 Å². The molecule has 0 atom stereocenters. The van der Waals surface area contributed by atoms with E-state index in [0.29, 0.717) is 0 Å². The van der Waals surface area contributed by atoms with Crippen LogP contribution in [0.4, 0.5) is 5.82 Å². The Bertz CT molecular complexity index is 424. The standard InChI is InChI=1S/C16H29N3S/c1-7-9-10-11-20-14-12(3)13(17-8-2)18-15(19-14)16(4,5)6/h7-11H2,1-6H3,(H,17,18,19). The van der Waals surface area contributed by atoms with Crippen LogP contribution < -0.4 is 5.32 Å². The number of rotatable bonds is 7. The fourth-order valence-corrected chi connectivity index (χ4v) is 2.84. The number of nitrogens with zero attached hydrogens (tertiary/aromatic N) is 2. The first kappa shape index (κ1) is 17.3. The quantitative estimate of drug-likeness (QED) is 0.445. The third-order valence-corrected chi connectivity index (χ3v) is 4.27. The van der Waals surface area contributed by atoms with Crippen LogP contribution in [0, 0.1) is 6.92 Å². The van der Waals surface area contributed by atoms with E-state index in [2.05, 4.69) is 46.9 Å². The smallest absolute Gasteiger partial charge is 0.137 e. The SMILES string of the molecule is CCCCCSc1nc(C(C)(C)C)nc(NCC)c1C. The second kappa shape index (κ2) is 7.87. The lowest BCUT2D eigenvalue weighted by Crippen LogP contribution is -2.18. The summed E-state index contributed by atoms with van der Waals surface area (Å²) in [6, 6.07) is 0. The fraction of sp³-hybridized carbons (Fsp3) is 0.750. The van der Waals surface area contributed by atoms with E-state index in [1.54, 1.807) is 0 Å². The van der Waals surface area contributed by atoms with Crippen molar-refractivity contribution in [2.75, 3.05) is 17.6 Å². The lowest BCUT2D eigenvalue weighted by molar-refractivity contribution is 0.538. The highest BCUT2D eigenvalue weighted by atomic mass is 32.2. The molecule has 0 saturated heterocycles. The number of hydrogen-bond acceptors (Lipinski definition) is 4. The highest BCUT2D eigenvalue weighted by molar-refractivity contribution is 7.99. The van der Waals surface area contributed by atoms with Crippen molar-refractivity contribution in [1.29, 1.82) is 0 Å². The normalized spacial score (nSPS) is 11.7. The van der Waals surface area contributed by atoms with Gasteiger partial charge < -0.3 is 5.32 Å². The second-order valence-electron chi connectivity index (χ2n) is 6.16. The van der Waals surface area contributed by atoms with Crippen LogP contribution in [0.3, 0.4) is 0 Å². The Balaban J connectivity index is 2.98. The zero-order chi connectivity index (χ0) is 15.2. The summed E-state index contributed by atoms with van der Waals surface area (Å²) in [4.78, 5) is 9.50. The number of unbranched alkanes of at least 4 members (excludes halogenated alkanes) is 2. The third-order valence-electron chi connectivity index (χ3n) is 3.10. The lowest BCUT2D eigenvalue weighted by Gasteiger charge is -2.20. The molecule has 0 radical (unpaired) electrons. The first-order valence-corrected chi connectivity index (χ1v) is 8.64. The molecule has 1 heterocycles. The molecular weight excluding hydrogens is 266 g/mol. The monoisotopic (exact) mass is 295 g/mol. The molecule has 0 bridgehead atoms. The number of aromatic nitrogens is 2. The predicted molar refractivity (Wildman–Crippen MR) is 89.9 cm³/mol. The van der Waals surface area contributed by atoms with Crippen LogP contribution in [0.2, 0.25) is 0 Å². The van der Waals surface area contributed by atoms with Gasteiger partial charge in [0.05, 0.1) is 0 Å². The Morgan fingerprint density at radius 1 is 1.10 bits per heavy atom. The van der Waals surface area contributed by atoms with Crippen LogP contribution in [-0.2, 0) is 5.41 Å². The molecule has 1 rings (SSSR count). The molecule has 1 aromatic rings. The average Bonchev–Trinajstić information content (AvgIpc) is 2.37. The zero-order valence-electron chi connectivity index (χ0n) is 13.8. The van der Waals surface area contributed by atoms with Crippen molar-refractivity contribution in [2.45, 2.75) is 71.2 Å². The van der Waals surface area contributed by atoms with E-state index in [1.807, 2.05) is 11.8 Å². The average molecular weight is 295 g/mol. The molecule has 1 aromatic heterocycles. The molecule has 0 fully saturated rings. The van der Waals surface area contributed by atoms with E-state index in [-0.39, 0.29) is 5.41 Å². The first-order valence-electron chi connectivity index (χ1n) is 7.65. The Morgan fingerprint density at radius 2 is 1.80 bits per heavy atom. The summed E-state index contributed by atoms with van der Waals surface area (Å²) in [5.41, 5.74) is 1.16. The number of anilines is 1. The van der Waals surface area contributed by atoms with Crippen LogP contribution in [0.25, 0.3) is 0 Å². The van der Waals surface area contributed by atoms with Gasteiger partial charge in [-0.25, -0.2) is 9.97 Å². The van der Waals surface area contributed by atoms with Gasteiger partial charge in [0.2, 0.25) is 0 Å². The summed E-state index contributed by atoms with van der Waals surface area (Å²) in [6.07, 6.45) is 3.81. The molecule has 0 aliphatic heterocycles. The van der Waals surface area contributed by atoms with Gasteiger partial charge in [-0.15, -0.1) is 11.8 Å². The summed E-state index contributed by atoms with van der Waals surface area (Å²) < 4.78 is 0. The van der Waals surface area contributed by atoms with Crippen LogP contribution in [0.1, 0.15) is 65.3 Å². The Kier molecular flexibility index (Phi) is 6.80. The van der Waals surface area contributed by atoms with Gasteiger partial charge in [-0.05, 0) is 26.0 Å². The fourth-order valence-electron chi connectivity index (χ4n) is 1.83. The molecule has 0 amide bonds. The van der Waals surface area contributed by atoms with Crippen molar-refractivity contribution in [3.63, 3.8) is 0 Å². The summed E-state index contributed by atoms with van der Waals surface area (Å²) in [5, 5.41) is 4.50. The topological polar surface area (TPSA) is 37.8 Å². The molecule has 20 heavy (non-hydrogen) atoms. The third kappa shape index (κ3) is 4.97. The van der Waals surface area contributed by atoms with E-state index < -0.39 is 0 Å². The maximum Gasteiger partial charge on any atom is 0.137 e. The molecule has 3 nitrogen and oxygen atoms in total. The summed E-state index contributed by atoms with van der Waals surface area (Å²) >= 11 is 1.87. The van der Waals surface area contributed by atoms with Crippen LogP contribution in [0.5, 0.6) is 0 Å². The van der Waals surface area contributed by atoms with Crippen molar-refractivity contribution in [1.82, 2.24) is 9.97 Å². The van der Waals surface area contributed by atoms with Crippen LogP contribution in [0.15, 0.2) is 5.03 Å². The molecule has 0 spiro atoms. The molecule has 0 saturated carbocycles. The van der Waals surface area contributed by atoms with E-state index in [4.69, 9.17) is 9.97 Å². The molecule has 4 heteroatoms. The van der Waals surface area contributed by atoms with Crippen molar-refractivity contribution in [3.05, 3.63) is 11.4 Å². The van der Waals surface area contributed by atoms with Crippen molar-refractivity contribution in [3.8, 4) is 0 Å². The molecule has 114 valence electrons. The maximum atomic E-state index is 4.80. The van der Waals surface area contributed by atoms with Crippen LogP contribution in [-0.4, -0.2) is 22.3 Å². The van der Waals surface area contributed by atoms with Gasteiger partial charge in [0.25, 0.3) is 0 Å². The first-order chi connectivity index (χ1) is 9.40. The van der Waals surface area contributed by atoms with Gasteiger partial charge in [-0.3, -0.25) is 0 Å². The van der Waals surface area contributed by atoms with Crippen molar-refractivity contribution in [2.24, 2.45) is 0 Å². The second-order valence-corrected chi connectivity index (χ2v) is 7.25. The van der Waals surface area contributed by atoms with Gasteiger partial charge in [0.1, 0.15) is 16.7 Å². The Hall–Kier alpha value is -0.770. The van der Waals surface area contributed by atoms with Crippen molar-refractivity contribution >= 4 is 17.6 Å². The zero-order valence-corrected chi connectivity index (χ0v) is 14.7. The molecule has 0 aliphatic rings. The molecule has 0 aromatic carbocycles. The number of hydrogen-bond donors (Lipinski definition) is 1. The summed E-state index contributed by atoms with van der Waals surface area (Å²) in [7, 11) is 0. The van der Waals surface area contributed by atoms with Crippen LogP contribution >= 0.6 is 11.8 Å². The van der Waals surface area contributed by atoms with Gasteiger partial charge in [-0.1, -0.05) is 40.5 Å². The molecule has 1 N–H and O–H groups in total. The summed E-state index contributed by atoms with van der Waals surface area (Å²) in [6.45, 7) is 13.8. The van der Waals surface area contributed by atoms with Gasteiger partial charge in [-0.2, -0.15) is 0 Å². The van der Waals surface area contributed by atoms with E-state index in [1.165, 1.54) is 24.8 Å². The molecule has 0 aliphatic carbocycles. The Morgan fingerprint density at radius 3 is 2.35 bits per heavy atom. The van der Waals surface area contributed by atoms with Crippen molar-refractivity contribution < 1.29 is 0 Å². The minimum absolute atomic E-state index is 0.0173. The maximum absolute atomic E-state index is 4.80. The minimum atomic E-state index is -0.0173. The largest absolute Gasteiger partial charge is 0.370 e. The number of thioether (sulfide) groups is 1. The Labute approximate surface area is 128 Å². The van der Waals surface area contributed by atoms with E-state index in [9.17, 15) is 0 Å². The highest BCUT2D eigenvalue weighted by Gasteiger charge is 2.21. The van der Waals surface area contributed by atoms with Gasteiger partial charge in [0.15, 0.2) is 0 Å². The minimum Gasteiger partial charge on any atom is -0.370 e. The van der Waals surface area contributed by atoms with Gasteiger partial charge in [0, 0.05) is 17.5 Å². The molecular formula is C16H29N3S. The molecule has 0 unspecified atom stereocenters. The summed E-state index contributed by atoms with van der Waals surface area (Å²) in [5.74, 6) is 3.06. The van der Waals surface area contributed by atoms with Gasteiger partial charge >= 0.3 is 0 Å². The lowest BCUT2D eigenvalue weighted by atomic mass is 9.95. The number of nitrogens with one attached hydrogen (secondary N) is 1. The van der Waals surface area contributed by atoms with E-state index >= 15 is 0 Å². The highest BCUT2D eigenvalue weighted by Crippen LogP contribution is 2.29. The predicted octanol–water partition coefficient (Wildman–Crippen LogP) is 4.80.